The van der Waals surface area contributed by atoms with Crippen LogP contribution in [0, 0.1) is 0 Å². The van der Waals surface area contributed by atoms with Crippen molar-refractivity contribution in [2.75, 3.05) is 6.54 Å². The molecule has 0 spiro atoms. The van der Waals surface area contributed by atoms with Gasteiger partial charge in [0.25, 0.3) is 0 Å². The first kappa shape index (κ1) is 23.6. The van der Waals surface area contributed by atoms with Crippen LogP contribution in [-0.4, -0.2) is 33.6 Å². The van der Waals surface area contributed by atoms with Crippen LogP contribution < -0.4 is 10.5 Å². The lowest BCUT2D eigenvalue weighted by atomic mass is 10.2. The SMILES string of the molecule is NS(=O)(=O)c1ccc(CNC(=O)CN(Cc2ccccc2)S(=O)(=O)c2ccccc2)cc1. The Hall–Kier alpha value is -3.05. The summed E-state index contributed by atoms with van der Waals surface area (Å²) in [6.45, 7) is -0.232. The second kappa shape index (κ2) is 10.0. The topological polar surface area (TPSA) is 127 Å². The lowest BCUT2D eigenvalue weighted by Crippen LogP contribution is -2.40. The molecule has 0 aliphatic rings. The maximum Gasteiger partial charge on any atom is 0.243 e. The number of hydrogen-bond donors (Lipinski definition) is 2. The molecule has 0 aliphatic carbocycles. The standard InChI is InChI=1S/C22H23N3O5S2/c23-31(27,28)20-13-11-18(12-14-20)15-24-22(26)17-25(16-19-7-3-1-4-8-19)32(29,30)21-9-5-2-6-10-21/h1-14H,15-17H2,(H,24,26)(H2,23,27,28). The largest absolute Gasteiger partial charge is 0.351 e. The van der Waals surface area contributed by atoms with E-state index in [0.29, 0.717) is 5.56 Å². The molecule has 3 N–H and O–H groups in total. The number of nitrogens with two attached hydrogens (primary N) is 1. The number of nitrogens with zero attached hydrogens (tertiary/aromatic N) is 1. The zero-order chi connectivity index (χ0) is 23.2. The number of benzene rings is 3. The van der Waals surface area contributed by atoms with Crippen molar-refractivity contribution in [3.8, 4) is 0 Å². The first-order valence-electron chi connectivity index (χ1n) is 9.64. The van der Waals surface area contributed by atoms with E-state index in [9.17, 15) is 21.6 Å². The zero-order valence-electron chi connectivity index (χ0n) is 17.1. The van der Waals surface area contributed by atoms with E-state index in [1.54, 1.807) is 42.5 Å². The molecule has 0 aromatic heterocycles. The molecule has 3 aromatic rings. The molecule has 0 radical (unpaired) electrons. The van der Waals surface area contributed by atoms with E-state index in [1.807, 2.05) is 6.07 Å². The number of nitrogens with one attached hydrogen (secondary N) is 1. The molecule has 3 rings (SSSR count). The quantitative estimate of drug-likeness (QED) is 0.490. The second-order valence-corrected chi connectivity index (χ2v) is 10.5. The van der Waals surface area contributed by atoms with Gasteiger partial charge in [0.05, 0.1) is 16.3 Å². The molecule has 0 fully saturated rings. The van der Waals surface area contributed by atoms with E-state index < -0.39 is 26.0 Å². The molecule has 0 bridgehead atoms. The maximum absolute atomic E-state index is 13.2. The predicted octanol–water partition coefficient (Wildman–Crippen LogP) is 1.84. The monoisotopic (exact) mass is 473 g/mol. The van der Waals surface area contributed by atoms with Crippen molar-refractivity contribution < 1.29 is 21.6 Å². The number of carbonyl (C=O) groups is 1. The lowest BCUT2D eigenvalue weighted by Gasteiger charge is -2.22. The van der Waals surface area contributed by atoms with Crippen LogP contribution in [0.3, 0.4) is 0 Å². The van der Waals surface area contributed by atoms with Gasteiger partial charge in [-0.05, 0) is 35.4 Å². The minimum absolute atomic E-state index is 0.0319. The van der Waals surface area contributed by atoms with Crippen LogP contribution in [0.15, 0.2) is 94.7 Å². The van der Waals surface area contributed by atoms with Gasteiger partial charge in [-0.15, -0.1) is 0 Å². The molecule has 1 amide bonds. The highest BCUT2D eigenvalue weighted by atomic mass is 32.2. The van der Waals surface area contributed by atoms with Crippen LogP contribution in [-0.2, 0) is 37.9 Å². The molecule has 0 heterocycles. The molecule has 3 aromatic carbocycles. The van der Waals surface area contributed by atoms with Gasteiger partial charge in [-0.1, -0.05) is 60.7 Å². The van der Waals surface area contributed by atoms with E-state index in [4.69, 9.17) is 5.14 Å². The smallest absolute Gasteiger partial charge is 0.243 e. The third-order valence-corrected chi connectivity index (χ3v) is 7.38. The Morgan fingerprint density at radius 2 is 1.31 bits per heavy atom. The number of amides is 1. The average molecular weight is 474 g/mol. The maximum atomic E-state index is 13.2. The molecule has 0 atom stereocenters. The molecule has 0 saturated heterocycles. The van der Waals surface area contributed by atoms with E-state index in [-0.39, 0.29) is 29.4 Å². The van der Waals surface area contributed by atoms with Crippen molar-refractivity contribution in [3.63, 3.8) is 0 Å². The van der Waals surface area contributed by atoms with Gasteiger partial charge in [0.15, 0.2) is 0 Å². The summed E-state index contributed by atoms with van der Waals surface area (Å²) in [6.07, 6.45) is 0. The predicted molar refractivity (Wildman–Crippen MR) is 120 cm³/mol. The first-order chi connectivity index (χ1) is 15.2. The molecular weight excluding hydrogens is 450 g/mol. The fourth-order valence-electron chi connectivity index (χ4n) is 2.97. The lowest BCUT2D eigenvalue weighted by molar-refractivity contribution is -0.121. The van der Waals surface area contributed by atoms with Gasteiger partial charge in [-0.2, -0.15) is 4.31 Å². The van der Waals surface area contributed by atoms with Crippen molar-refractivity contribution in [1.29, 1.82) is 0 Å². The Bertz CT molecular complexity index is 1260. The number of carbonyl (C=O) groups excluding carboxylic acids is 1. The van der Waals surface area contributed by atoms with E-state index in [0.717, 1.165) is 9.87 Å². The van der Waals surface area contributed by atoms with Crippen molar-refractivity contribution >= 4 is 26.0 Å². The minimum Gasteiger partial charge on any atom is -0.351 e. The van der Waals surface area contributed by atoms with Gasteiger partial charge in [-0.25, -0.2) is 22.0 Å². The third kappa shape index (κ3) is 6.24. The number of hydrogen-bond acceptors (Lipinski definition) is 5. The number of rotatable bonds is 9. The molecule has 10 heteroatoms. The Balaban J connectivity index is 1.73. The Morgan fingerprint density at radius 3 is 1.88 bits per heavy atom. The van der Waals surface area contributed by atoms with Gasteiger partial charge in [0, 0.05) is 13.1 Å². The summed E-state index contributed by atoms with van der Waals surface area (Å²) in [7, 11) is -7.71. The van der Waals surface area contributed by atoms with Crippen LogP contribution in [0.5, 0.6) is 0 Å². The van der Waals surface area contributed by atoms with Gasteiger partial charge < -0.3 is 5.32 Å². The summed E-state index contributed by atoms with van der Waals surface area (Å²) in [5.41, 5.74) is 1.39. The summed E-state index contributed by atoms with van der Waals surface area (Å²) in [6, 6.07) is 22.7. The van der Waals surface area contributed by atoms with Gasteiger partial charge >= 0.3 is 0 Å². The summed E-state index contributed by atoms with van der Waals surface area (Å²) >= 11 is 0. The van der Waals surface area contributed by atoms with E-state index in [1.165, 1.54) is 36.4 Å². The summed E-state index contributed by atoms with van der Waals surface area (Å²) in [5.74, 6) is -0.490. The molecule has 0 saturated carbocycles. The average Bonchev–Trinajstić information content (AvgIpc) is 2.78. The van der Waals surface area contributed by atoms with Crippen molar-refractivity contribution in [1.82, 2.24) is 9.62 Å². The fourth-order valence-corrected chi connectivity index (χ4v) is 4.89. The Kier molecular flexibility index (Phi) is 7.41. The molecular formula is C22H23N3O5S2. The fraction of sp³-hybridized carbons (Fsp3) is 0.136. The summed E-state index contributed by atoms with van der Waals surface area (Å²) in [4.78, 5) is 12.7. The van der Waals surface area contributed by atoms with Crippen LogP contribution >= 0.6 is 0 Å². The minimum atomic E-state index is -3.91. The van der Waals surface area contributed by atoms with Crippen molar-refractivity contribution in [3.05, 3.63) is 96.1 Å². The zero-order valence-corrected chi connectivity index (χ0v) is 18.7. The van der Waals surface area contributed by atoms with Gasteiger partial charge in [0.2, 0.25) is 26.0 Å². The van der Waals surface area contributed by atoms with Crippen LogP contribution in [0.2, 0.25) is 0 Å². The van der Waals surface area contributed by atoms with E-state index >= 15 is 0 Å². The van der Waals surface area contributed by atoms with Crippen LogP contribution in [0.25, 0.3) is 0 Å². The van der Waals surface area contributed by atoms with Crippen molar-refractivity contribution in [2.24, 2.45) is 5.14 Å². The molecule has 0 unspecified atom stereocenters. The van der Waals surface area contributed by atoms with Gasteiger partial charge in [0.1, 0.15) is 0 Å². The summed E-state index contributed by atoms with van der Waals surface area (Å²) < 4.78 is 50.1. The van der Waals surface area contributed by atoms with Crippen LogP contribution in [0.1, 0.15) is 11.1 Å². The highest BCUT2D eigenvalue weighted by Gasteiger charge is 2.26. The Morgan fingerprint density at radius 1 is 0.750 bits per heavy atom. The second-order valence-electron chi connectivity index (χ2n) is 7.04. The van der Waals surface area contributed by atoms with Gasteiger partial charge in [-0.3, -0.25) is 4.79 Å². The Labute approximate surface area is 187 Å². The third-order valence-electron chi connectivity index (χ3n) is 4.64. The number of primary sulfonamides is 1. The normalized spacial score (nSPS) is 11.9. The molecule has 8 nitrogen and oxygen atoms in total. The summed E-state index contributed by atoms with van der Waals surface area (Å²) in [5, 5.41) is 7.75. The first-order valence-corrected chi connectivity index (χ1v) is 12.6. The molecule has 0 aliphatic heterocycles. The van der Waals surface area contributed by atoms with Crippen LogP contribution in [0.4, 0.5) is 0 Å². The number of sulfonamides is 2. The molecule has 168 valence electrons. The van der Waals surface area contributed by atoms with Crippen molar-refractivity contribution in [2.45, 2.75) is 22.9 Å². The molecule has 32 heavy (non-hydrogen) atoms. The highest BCUT2D eigenvalue weighted by Crippen LogP contribution is 2.18. The highest BCUT2D eigenvalue weighted by molar-refractivity contribution is 7.89. The van der Waals surface area contributed by atoms with E-state index in [2.05, 4.69) is 5.32 Å².